The van der Waals surface area contributed by atoms with E-state index >= 15 is 0 Å². The lowest BCUT2D eigenvalue weighted by atomic mass is 9.93. The number of hydrogen-bond donors (Lipinski definition) is 0. The van der Waals surface area contributed by atoms with Gasteiger partial charge in [-0.25, -0.2) is 4.98 Å². The molecule has 3 unspecified atom stereocenters. The van der Waals surface area contributed by atoms with Gasteiger partial charge in [0.05, 0.1) is 6.33 Å². The maximum atomic E-state index is 12.1. The first kappa shape index (κ1) is 28.6. The Balaban J connectivity index is 1.42. The van der Waals surface area contributed by atoms with Gasteiger partial charge >= 0.3 is 17.9 Å². The highest BCUT2D eigenvalue weighted by Gasteiger charge is 2.51. The molecule has 0 aliphatic carbocycles. The number of hydrogen-bond acceptors (Lipinski definition) is 11. The highest BCUT2D eigenvalue weighted by atomic mass is 35.5. The van der Waals surface area contributed by atoms with E-state index in [1.165, 1.54) is 32.7 Å². The number of esters is 3. The molecule has 0 bridgehead atoms. The summed E-state index contributed by atoms with van der Waals surface area (Å²) < 4.78 is 24.0. The quantitative estimate of drug-likeness (QED) is 0.171. The van der Waals surface area contributed by atoms with E-state index < -0.39 is 42.4 Å². The summed E-state index contributed by atoms with van der Waals surface area (Å²) in [6.45, 7) is 4.07. The molecule has 4 aromatic rings. The monoisotopic (exact) mass is 605 g/mol. The Labute approximate surface area is 251 Å². The van der Waals surface area contributed by atoms with Crippen molar-refractivity contribution in [2.45, 2.75) is 51.2 Å². The van der Waals surface area contributed by atoms with Gasteiger partial charge in [0, 0.05) is 38.9 Å². The predicted octanol–water partition coefficient (Wildman–Crippen LogP) is 4.09. The zero-order chi connectivity index (χ0) is 30.2. The number of anilines is 2. The van der Waals surface area contributed by atoms with Crippen molar-refractivity contribution in [3.05, 3.63) is 77.3 Å². The van der Waals surface area contributed by atoms with Crippen LogP contribution in [0, 0.1) is 0 Å². The first-order valence-corrected chi connectivity index (χ1v) is 14.0. The summed E-state index contributed by atoms with van der Waals surface area (Å²) >= 11 is 6.51. The fourth-order valence-electron chi connectivity index (χ4n) is 5.75. The third kappa shape index (κ3) is 5.51. The molecule has 2 aromatic carbocycles. The number of carbonyl (C=O) groups excluding carboxylic acids is 3. The van der Waals surface area contributed by atoms with Crippen molar-refractivity contribution in [2.24, 2.45) is 0 Å². The number of carbonyl (C=O) groups is 3. The number of rotatable bonds is 7. The molecule has 1 saturated heterocycles. The first-order chi connectivity index (χ1) is 20.7. The highest BCUT2D eigenvalue weighted by molar-refractivity contribution is 6.28. The molecule has 2 aliphatic heterocycles. The van der Waals surface area contributed by atoms with Gasteiger partial charge in [-0.2, -0.15) is 9.97 Å². The summed E-state index contributed by atoms with van der Waals surface area (Å²) in [6, 6.07) is 18.3. The number of fused-ring (bicyclic) bond motifs is 2. The first-order valence-electron chi connectivity index (χ1n) is 13.7. The Kier molecular flexibility index (Phi) is 7.72. The van der Waals surface area contributed by atoms with Gasteiger partial charge in [-0.1, -0.05) is 48.5 Å². The maximum Gasteiger partial charge on any atom is 0.303 e. The minimum absolute atomic E-state index is 0.0278. The third-order valence-electron chi connectivity index (χ3n) is 7.42. The van der Waals surface area contributed by atoms with E-state index in [0.29, 0.717) is 23.5 Å². The minimum atomic E-state index is -1.11. The van der Waals surface area contributed by atoms with Crippen LogP contribution in [0.1, 0.15) is 44.0 Å². The molecule has 0 saturated carbocycles. The van der Waals surface area contributed by atoms with Crippen molar-refractivity contribution in [1.29, 1.82) is 0 Å². The van der Waals surface area contributed by atoms with E-state index in [9.17, 15) is 14.4 Å². The molecule has 12 nitrogen and oxygen atoms in total. The number of ether oxygens (including phenoxy) is 4. The lowest BCUT2D eigenvalue weighted by molar-refractivity contribution is -0.166. The van der Waals surface area contributed by atoms with Crippen LogP contribution in [0.25, 0.3) is 11.2 Å². The SMILES string of the molecule is CC(=O)OC[C@H]1O[C@@H](n2cnc3c(N4CC(c5ccccc5)c5ccccc54)nc(Cl)nc32)C(OC(C)=O)C1OC(C)=O. The van der Waals surface area contributed by atoms with Gasteiger partial charge in [-0.3, -0.25) is 19.0 Å². The number of aromatic nitrogens is 4. The van der Waals surface area contributed by atoms with Crippen LogP contribution in [0.2, 0.25) is 5.28 Å². The Hall–Kier alpha value is -4.55. The number of imidazole rings is 1. The summed E-state index contributed by atoms with van der Waals surface area (Å²) in [4.78, 5) is 51.4. The molecule has 0 spiro atoms. The summed E-state index contributed by atoms with van der Waals surface area (Å²) in [7, 11) is 0. The molecule has 1 fully saturated rings. The Morgan fingerprint density at radius 2 is 1.63 bits per heavy atom. The molecular formula is C30H28ClN5O7. The number of benzene rings is 2. The second-order valence-corrected chi connectivity index (χ2v) is 10.6. The van der Waals surface area contributed by atoms with E-state index in [4.69, 9.17) is 30.5 Å². The minimum Gasteiger partial charge on any atom is -0.463 e. The average Bonchev–Trinajstić information content (AvgIpc) is 3.66. The van der Waals surface area contributed by atoms with Crippen LogP contribution < -0.4 is 4.90 Å². The molecule has 5 atom stereocenters. The van der Waals surface area contributed by atoms with Crippen LogP contribution in [-0.2, 0) is 33.3 Å². The average molecular weight is 606 g/mol. The highest BCUT2D eigenvalue weighted by Crippen LogP contribution is 2.45. The molecule has 0 N–H and O–H groups in total. The summed E-state index contributed by atoms with van der Waals surface area (Å²) in [5.74, 6) is -1.21. The Morgan fingerprint density at radius 3 is 2.35 bits per heavy atom. The number of nitrogens with zero attached hydrogens (tertiary/aromatic N) is 5. The summed E-state index contributed by atoms with van der Waals surface area (Å²) in [5.41, 5.74) is 4.02. The maximum absolute atomic E-state index is 12.1. The lowest BCUT2D eigenvalue weighted by Gasteiger charge is -2.24. The summed E-state index contributed by atoms with van der Waals surface area (Å²) in [5, 5.41) is -0.0278. The van der Waals surface area contributed by atoms with E-state index in [1.54, 1.807) is 4.57 Å². The van der Waals surface area contributed by atoms with Crippen LogP contribution in [0.4, 0.5) is 11.5 Å². The zero-order valence-electron chi connectivity index (χ0n) is 23.5. The van der Waals surface area contributed by atoms with E-state index in [2.05, 4.69) is 38.1 Å². The zero-order valence-corrected chi connectivity index (χ0v) is 24.3. The number of halogens is 1. The number of para-hydroxylation sites is 1. The molecule has 0 amide bonds. The molecule has 2 aliphatic rings. The van der Waals surface area contributed by atoms with E-state index in [1.807, 2.05) is 36.4 Å². The summed E-state index contributed by atoms with van der Waals surface area (Å²) in [6.07, 6.45) is -2.67. The third-order valence-corrected chi connectivity index (χ3v) is 7.59. The van der Waals surface area contributed by atoms with Gasteiger partial charge in [-0.15, -0.1) is 0 Å². The second-order valence-electron chi connectivity index (χ2n) is 10.3. The lowest BCUT2D eigenvalue weighted by Crippen LogP contribution is -2.40. The van der Waals surface area contributed by atoms with Crippen molar-refractivity contribution in [1.82, 2.24) is 19.5 Å². The van der Waals surface area contributed by atoms with Gasteiger partial charge < -0.3 is 23.8 Å². The van der Waals surface area contributed by atoms with Gasteiger partial charge in [0.25, 0.3) is 0 Å². The largest absolute Gasteiger partial charge is 0.463 e. The van der Waals surface area contributed by atoms with Crippen molar-refractivity contribution in [3.8, 4) is 0 Å². The van der Waals surface area contributed by atoms with Gasteiger partial charge in [0.15, 0.2) is 35.4 Å². The fourth-order valence-corrected chi connectivity index (χ4v) is 5.91. The molecule has 2 aromatic heterocycles. The Morgan fingerprint density at radius 1 is 0.930 bits per heavy atom. The van der Waals surface area contributed by atoms with Crippen LogP contribution in [0.3, 0.4) is 0 Å². The second kappa shape index (κ2) is 11.6. The van der Waals surface area contributed by atoms with Crippen molar-refractivity contribution < 1.29 is 33.3 Å². The molecule has 4 heterocycles. The van der Waals surface area contributed by atoms with Crippen LogP contribution >= 0.6 is 11.6 Å². The molecule has 43 heavy (non-hydrogen) atoms. The normalized spacial score (nSPS) is 22.8. The Bertz CT molecular complexity index is 1700. The van der Waals surface area contributed by atoms with E-state index in [0.717, 1.165) is 11.3 Å². The molecule has 0 radical (unpaired) electrons. The van der Waals surface area contributed by atoms with Gasteiger partial charge in [-0.05, 0) is 28.8 Å². The predicted molar refractivity (Wildman–Crippen MR) is 154 cm³/mol. The standard InChI is InChI=1S/C30H28ClN5O7/c1-16(37)40-14-23-25(41-17(2)38)26(42-18(3)39)29(43-23)36-15-32-24-27(33-30(31)34-28(24)36)35-13-21(19-9-5-4-6-10-19)20-11-7-8-12-22(20)35/h4-12,15,21,23,25-26,29H,13-14H2,1-3H3/t21?,23-,25?,26?,29-/m1/s1. The van der Waals surface area contributed by atoms with Gasteiger partial charge in [0.2, 0.25) is 5.28 Å². The molecule has 6 rings (SSSR count). The van der Waals surface area contributed by atoms with E-state index in [-0.39, 0.29) is 17.8 Å². The molecular weight excluding hydrogens is 578 g/mol. The fraction of sp³-hybridized carbons (Fsp3) is 0.333. The van der Waals surface area contributed by atoms with Gasteiger partial charge in [0.1, 0.15) is 12.7 Å². The van der Waals surface area contributed by atoms with Crippen molar-refractivity contribution in [2.75, 3.05) is 18.1 Å². The van der Waals surface area contributed by atoms with Crippen molar-refractivity contribution in [3.63, 3.8) is 0 Å². The van der Waals surface area contributed by atoms with Crippen molar-refractivity contribution >= 4 is 52.2 Å². The smallest absolute Gasteiger partial charge is 0.303 e. The van der Waals surface area contributed by atoms with Crippen LogP contribution in [-0.4, -0.2) is 68.9 Å². The molecule has 222 valence electrons. The van der Waals surface area contributed by atoms with Crippen LogP contribution in [0.15, 0.2) is 60.9 Å². The van der Waals surface area contributed by atoms with Crippen LogP contribution in [0.5, 0.6) is 0 Å². The topological polar surface area (TPSA) is 135 Å². The molecule has 13 heteroatoms.